The molecule has 0 aromatic heterocycles. The summed E-state index contributed by atoms with van der Waals surface area (Å²) in [7, 11) is 0. The van der Waals surface area contributed by atoms with Crippen LogP contribution < -0.4 is 5.32 Å². The third kappa shape index (κ3) is 1.67. The molecule has 1 aromatic rings. The molecule has 0 amide bonds. The maximum absolute atomic E-state index is 12.0. The topological polar surface area (TPSA) is 29.1 Å². The van der Waals surface area contributed by atoms with Crippen molar-refractivity contribution in [1.82, 2.24) is 5.32 Å². The fraction of sp³-hybridized carbons (Fsp3) is 0.500. The molecule has 1 aromatic carbocycles. The first-order valence-corrected chi connectivity index (χ1v) is 7.59. The zero-order valence-corrected chi connectivity index (χ0v) is 12.7. The highest BCUT2D eigenvalue weighted by atomic mass is 16.1. The van der Waals surface area contributed by atoms with E-state index in [1.807, 2.05) is 24.3 Å². The average molecular weight is 269 g/mol. The molecule has 2 unspecified atom stereocenters. The van der Waals surface area contributed by atoms with E-state index in [1.54, 1.807) is 0 Å². The second kappa shape index (κ2) is 4.47. The maximum atomic E-state index is 12.0. The van der Waals surface area contributed by atoms with Gasteiger partial charge in [0.15, 0.2) is 5.78 Å². The van der Waals surface area contributed by atoms with Crippen LogP contribution in [-0.2, 0) is 5.41 Å². The third-order valence-electron chi connectivity index (χ3n) is 4.67. The van der Waals surface area contributed by atoms with Crippen LogP contribution in [0.15, 0.2) is 36.0 Å². The second-order valence-corrected chi connectivity index (χ2v) is 6.84. The van der Waals surface area contributed by atoms with Crippen molar-refractivity contribution in [3.63, 3.8) is 0 Å². The molecule has 2 fully saturated rings. The van der Waals surface area contributed by atoms with Crippen LogP contribution in [0.4, 0.5) is 0 Å². The lowest BCUT2D eigenvalue weighted by atomic mass is 9.80. The number of benzene rings is 1. The molecule has 1 N–H and O–H groups in total. The van der Waals surface area contributed by atoms with Crippen LogP contribution >= 0.6 is 0 Å². The van der Waals surface area contributed by atoms with E-state index in [0.29, 0.717) is 11.8 Å². The number of hydrogen-bond acceptors (Lipinski definition) is 2. The van der Waals surface area contributed by atoms with E-state index in [2.05, 4.69) is 39.1 Å². The van der Waals surface area contributed by atoms with Crippen LogP contribution in [0.1, 0.15) is 43.6 Å². The van der Waals surface area contributed by atoms with E-state index in [4.69, 9.17) is 0 Å². The monoisotopic (exact) mass is 269 g/mol. The van der Waals surface area contributed by atoms with Crippen molar-refractivity contribution in [2.45, 2.75) is 33.1 Å². The third-order valence-corrected chi connectivity index (χ3v) is 4.67. The molecule has 2 aliphatic carbocycles. The summed E-state index contributed by atoms with van der Waals surface area (Å²) in [5.41, 5.74) is 3.47. The Hall–Kier alpha value is -1.57. The standard InChI is InChI=1S/C14H13NO.C4H10/c1-8-11-7-15-13-6-12(16)9-4-2-3-5-10(9)14(8,11)13;1-4(2)3/h2-6,8,11,15H,7H2,1H3;4H,1-3H3/t8-,11?,14?;/m1./s1. The van der Waals surface area contributed by atoms with Gasteiger partial charge >= 0.3 is 0 Å². The van der Waals surface area contributed by atoms with Gasteiger partial charge in [0.1, 0.15) is 0 Å². The van der Waals surface area contributed by atoms with Crippen molar-refractivity contribution in [2.24, 2.45) is 17.8 Å². The van der Waals surface area contributed by atoms with E-state index in [1.165, 1.54) is 5.56 Å². The van der Waals surface area contributed by atoms with Crippen molar-refractivity contribution in [3.8, 4) is 0 Å². The van der Waals surface area contributed by atoms with Gasteiger partial charge in [-0.05, 0) is 23.3 Å². The Kier molecular flexibility index (Phi) is 3.00. The molecule has 2 nitrogen and oxygen atoms in total. The lowest BCUT2D eigenvalue weighted by molar-refractivity contribution is 0.104. The first-order valence-electron chi connectivity index (χ1n) is 7.59. The summed E-state index contributed by atoms with van der Waals surface area (Å²) in [6.07, 6.45) is 1.81. The van der Waals surface area contributed by atoms with Crippen molar-refractivity contribution in [3.05, 3.63) is 47.2 Å². The van der Waals surface area contributed by atoms with Crippen LogP contribution in [0.5, 0.6) is 0 Å². The minimum absolute atomic E-state index is 0.156. The molecule has 1 aliphatic heterocycles. The van der Waals surface area contributed by atoms with Gasteiger partial charge in [0.2, 0.25) is 0 Å². The Morgan fingerprint density at radius 2 is 1.90 bits per heavy atom. The molecular weight excluding hydrogens is 246 g/mol. The Morgan fingerprint density at radius 3 is 2.55 bits per heavy atom. The zero-order chi connectivity index (χ0) is 14.5. The van der Waals surface area contributed by atoms with E-state index in [0.717, 1.165) is 23.7 Å². The number of carbonyl (C=O) groups is 1. The van der Waals surface area contributed by atoms with Gasteiger partial charge in [0.25, 0.3) is 0 Å². The number of nitrogens with one attached hydrogen (secondary N) is 1. The predicted molar refractivity (Wildman–Crippen MR) is 81.7 cm³/mol. The predicted octanol–water partition coefficient (Wildman–Crippen LogP) is 3.54. The smallest absolute Gasteiger partial charge is 0.187 e. The first-order chi connectivity index (χ1) is 9.49. The molecule has 0 radical (unpaired) electrons. The molecule has 1 saturated carbocycles. The molecular formula is C18H23NO. The van der Waals surface area contributed by atoms with Gasteiger partial charge in [-0.1, -0.05) is 52.0 Å². The van der Waals surface area contributed by atoms with Gasteiger partial charge in [-0.25, -0.2) is 0 Å². The van der Waals surface area contributed by atoms with Crippen LogP contribution in [-0.4, -0.2) is 12.3 Å². The van der Waals surface area contributed by atoms with Crippen molar-refractivity contribution < 1.29 is 4.79 Å². The van der Waals surface area contributed by atoms with Crippen LogP contribution in [0.2, 0.25) is 0 Å². The summed E-state index contributed by atoms with van der Waals surface area (Å²) >= 11 is 0. The van der Waals surface area contributed by atoms with E-state index < -0.39 is 0 Å². The van der Waals surface area contributed by atoms with Gasteiger partial charge in [-0.3, -0.25) is 4.79 Å². The Labute approximate surface area is 121 Å². The molecule has 1 spiro atoms. The summed E-state index contributed by atoms with van der Waals surface area (Å²) in [6.45, 7) is 9.82. The molecule has 4 rings (SSSR count). The first kappa shape index (κ1) is 13.4. The Balaban J connectivity index is 0.000000272. The quantitative estimate of drug-likeness (QED) is 0.780. The van der Waals surface area contributed by atoms with Crippen LogP contribution in [0.3, 0.4) is 0 Å². The van der Waals surface area contributed by atoms with Crippen LogP contribution in [0.25, 0.3) is 0 Å². The summed E-state index contributed by atoms with van der Waals surface area (Å²) in [5, 5.41) is 3.39. The molecule has 1 saturated heterocycles. The summed E-state index contributed by atoms with van der Waals surface area (Å²) in [4.78, 5) is 12.0. The fourth-order valence-corrected chi connectivity index (χ4v) is 3.83. The molecule has 3 atom stereocenters. The van der Waals surface area contributed by atoms with Gasteiger partial charge in [-0.15, -0.1) is 0 Å². The lowest BCUT2D eigenvalue weighted by Gasteiger charge is -2.24. The highest BCUT2D eigenvalue weighted by Crippen LogP contribution is 2.67. The summed E-state index contributed by atoms with van der Waals surface area (Å²) in [5.74, 6) is 2.35. The molecule has 2 heteroatoms. The molecule has 3 aliphatic rings. The number of carbonyl (C=O) groups excluding carboxylic acids is 1. The highest BCUT2D eigenvalue weighted by Gasteiger charge is 2.69. The maximum Gasteiger partial charge on any atom is 0.187 e. The molecule has 0 bridgehead atoms. The van der Waals surface area contributed by atoms with Crippen LogP contribution in [0, 0.1) is 17.8 Å². The minimum Gasteiger partial charge on any atom is -0.387 e. The van der Waals surface area contributed by atoms with Gasteiger partial charge in [0.05, 0.1) is 0 Å². The summed E-state index contributed by atoms with van der Waals surface area (Å²) < 4.78 is 0. The number of allylic oxidation sites excluding steroid dienone is 2. The molecule has 106 valence electrons. The summed E-state index contributed by atoms with van der Waals surface area (Å²) in [6, 6.07) is 8.09. The molecule has 20 heavy (non-hydrogen) atoms. The average Bonchev–Trinajstić information content (AvgIpc) is 2.79. The van der Waals surface area contributed by atoms with Crippen molar-refractivity contribution in [2.75, 3.05) is 6.54 Å². The van der Waals surface area contributed by atoms with Gasteiger partial charge in [-0.2, -0.15) is 0 Å². The highest BCUT2D eigenvalue weighted by molar-refractivity contribution is 6.08. The Bertz CT molecular complexity index is 584. The van der Waals surface area contributed by atoms with Gasteiger partial charge < -0.3 is 5.32 Å². The number of hydrogen-bond donors (Lipinski definition) is 1. The number of ketones is 1. The SMILES string of the molecule is CC(C)C.C[C@@H]1C2CNC3=CC(=O)c4ccccc4C321. The van der Waals surface area contributed by atoms with Gasteiger partial charge in [0, 0.05) is 29.3 Å². The van der Waals surface area contributed by atoms with Crippen molar-refractivity contribution in [1.29, 1.82) is 0 Å². The minimum atomic E-state index is 0.156. The number of fused-ring (bicyclic) bond motifs is 1. The largest absolute Gasteiger partial charge is 0.387 e. The lowest BCUT2D eigenvalue weighted by Crippen LogP contribution is -2.27. The zero-order valence-electron chi connectivity index (χ0n) is 12.7. The second-order valence-electron chi connectivity index (χ2n) is 6.84. The number of piperidine rings is 1. The van der Waals surface area contributed by atoms with E-state index >= 15 is 0 Å². The normalized spacial score (nSPS) is 32.2. The molecule has 1 heterocycles. The fourth-order valence-electron chi connectivity index (χ4n) is 3.83. The number of rotatable bonds is 0. The van der Waals surface area contributed by atoms with E-state index in [9.17, 15) is 4.79 Å². The van der Waals surface area contributed by atoms with E-state index in [-0.39, 0.29) is 11.2 Å². The Morgan fingerprint density at radius 1 is 1.25 bits per heavy atom. The van der Waals surface area contributed by atoms with Crippen molar-refractivity contribution >= 4 is 5.78 Å².